The first-order valence-electron chi connectivity index (χ1n) is 10.9. The summed E-state index contributed by atoms with van der Waals surface area (Å²) in [7, 11) is 0. The first-order valence-corrected chi connectivity index (χ1v) is 10.9. The molecular weight excluding hydrogens is 390 g/mol. The second-order valence-corrected chi connectivity index (χ2v) is 8.03. The predicted molar refractivity (Wildman–Crippen MR) is 120 cm³/mol. The van der Waals surface area contributed by atoms with Crippen LogP contribution in [0.2, 0.25) is 0 Å². The van der Waals surface area contributed by atoms with Crippen LogP contribution in [0.15, 0.2) is 54.1 Å². The van der Waals surface area contributed by atoms with Gasteiger partial charge in [0.2, 0.25) is 0 Å². The number of aryl methyl sites for hydroxylation is 1. The molecule has 2 aromatic rings. The molecule has 2 aliphatic rings. The van der Waals surface area contributed by atoms with Gasteiger partial charge in [-0.05, 0) is 54.2 Å². The van der Waals surface area contributed by atoms with Crippen LogP contribution in [-0.4, -0.2) is 35.8 Å². The fourth-order valence-corrected chi connectivity index (χ4v) is 4.13. The highest BCUT2D eigenvalue weighted by atomic mass is 16.2. The average Bonchev–Trinajstić information content (AvgIpc) is 2.77. The van der Waals surface area contributed by atoms with Crippen molar-refractivity contribution < 1.29 is 14.4 Å². The van der Waals surface area contributed by atoms with E-state index in [0.717, 1.165) is 42.8 Å². The predicted octanol–water partition coefficient (Wildman–Crippen LogP) is 3.90. The third kappa shape index (κ3) is 4.53. The lowest BCUT2D eigenvalue weighted by molar-refractivity contribution is -0.130. The van der Waals surface area contributed by atoms with E-state index in [2.05, 4.69) is 40.5 Å². The maximum absolute atomic E-state index is 12.8. The van der Waals surface area contributed by atoms with Crippen molar-refractivity contribution in [1.82, 2.24) is 10.2 Å². The van der Waals surface area contributed by atoms with Gasteiger partial charge in [-0.15, -0.1) is 0 Å². The van der Waals surface area contributed by atoms with Gasteiger partial charge in [-0.2, -0.15) is 0 Å². The van der Waals surface area contributed by atoms with Gasteiger partial charge in [-0.3, -0.25) is 19.8 Å². The van der Waals surface area contributed by atoms with Gasteiger partial charge in [0.25, 0.3) is 11.8 Å². The minimum absolute atomic E-state index is 0.00704. The molecule has 31 heavy (non-hydrogen) atoms. The number of fused-ring (bicyclic) bond motifs is 1. The van der Waals surface area contributed by atoms with E-state index in [9.17, 15) is 14.4 Å². The summed E-state index contributed by atoms with van der Waals surface area (Å²) in [6.45, 7) is 4.15. The Morgan fingerprint density at radius 1 is 1.06 bits per heavy atom. The molecule has 0 saturated carbocycles. The summed E-state index contributed by atoms with van der Waals surface area (Å²) < 4.78 is 0. The molecule has 4 amide bonds. The summed E-state index contributed by atoms with van der Waals surface area (Å²) in [4.78, 5) is 40.6. The molecule has 160 valence electrons. The van der Waals surface area contributed by atoms with Crippen LogP contribution >= 0.6 is 0 Å². The summed E-state index contributed by atoms with van der Waals surface area (Å²) in [5.41, 5.74) is 4.47. The normalized spacial score (nSPS) is 17.7. The van der Waals surface area contributed by atoms with Crippen molar-refractivity contribution >= 4 is 29.6 Å². The fraction of sp³-hybridized carbons (Fsp3) is 0.320. The Morgan fingerprint density at radius 3 is 2.65 bits per heavy atom. The van der Waals surface area contributed by atoms with Gasteiger partial charge in [-0.1, -0.05) is 49.7 Å². The van der Waals surface area contributed by atoms with E-state index < -0.39 is 17.8 Å². The van der Waals surface area contributed by atoms with E-state index in [4.69, 9.17) is 0 Å². The van der Waals surface area contributed by atoms with Crippen LogP contribution in [-0.2, 0) is 22.6 Å². The molecule has 2 aromatic carbocycles. The molecule has 0 bridgehead atoms. The van der Waals surface area contributed by atoms with Crippen molar-refractivity contribution in [3.63, 3.8) is 0 Å². The number of carbonyl (C=O) groups excluding carboxylic acids is 3. The SMILES string of the molecule is CCCCN1C(=O)NC(=O)/C(=C\c2ccc3c(c2)CCCN3Cc2ccccc2)C1=O. The number of urea groups is 1. The number of unbranched alkanes of at least 4 members (excludes halogenated alkanes) is 1. The lowest BCUT2D eigenvalue weighted by Crippen LogP contribution is -2.54. The first kappa shape index (κ1) is 20.8. The highest BCUT2D eigenvalue weighted by molar-refractivity contribution is 6.31. The molecule has 0 unspecified atom stereocenters. The summed E-state index contributed by atoms with van der Waals surface area (Å²) in [5, 5.41) is 2.29. The highest BCUT2D eigenvalue weighted by Gasteiger charge is 2.35. The Morgan fingerprint density at radius 2 is 1.87 bits per heavy atom. The Kier molecular flexibility index (Phi) is 6.16. The monoisotopic (exact) mass is 417 g/mol. The number of hydrogen-bond donors (Lipinski definition) is 1. The second kappa shape index (κ2) is 9.16. The van der Waals surface area contributed by atoms with Crippen LogP contribution in [0.3, 0.4) is 0 Å². The Hall–Kier alpha value is -3.41. The molecular formula is C25H27N3O3. The van der Waals surface area contributed by atoms with Gasteiger partial charge in [0.1, 0.15) is 5.57 Å². The Labute approximate surface area is 182 Å². The number of barbiturate groups is 1. The van der Waals surface area contributed by atoms with Gasteiger partial charge >= 0.3 is 6.03 Å². The van der Waals surface area contributed by atoms with Crippen molar-refractivity contribution in [2.75, 3.05) is 18.0 Å². The summed E-state index contributed by atoms with van der Waals surface area (Å²) in [5.74, 6) is -1.16. The van der Waals surface area contributed by atoms with Crippen molar-refractivity contribution in [1.29, 1.82) is 0 Å². The van der Waals surface area contributed by atoms with Crippen molar-refractivity contribution in [2.24, 2.45) is 0 Å². The fourth-order valence-electron chi connectivity index (χ4n) is 4.13. The molecule has 0 spiro atoms. The second-order valence-electron chi connectivity index (χ2n) is 8.03. The smallest absolute Gasteiger partial charge is 0.331 e. The first-order chi connectivity index (χ1) is 15.1. The standard InChI is InChI=1S/C25H27N3O3/c1-2-3-14-28-24(30)21(23(29)26-25(28)31)16-19-11-12-22-20(15-19)10-7-13-27(22)17-18-8-5-4-6-9-18/h4-6,8-9,11-12,15-16H,2-3,7,10,13-14,17H2,1H3,(H,26,29,31)/b21-16+. The van der Waals surface area contributed by atoms with Gasteiger partial charge in [0.15, 0.2) is 0 Å². The number of hydrogen-bond acceptors (Lipinski definition) is 4. The van der Waals surface area contributed by atoms with Crippen molar-refractivity contribution in [3.8, 4) is 0 Å². The zero-order chi connectivity index (χ0) is 21.8. The quantitative estimate of drug-likeness (QED) is 0.572. The van der Waals surface area contributed by atoms with Crippen molar-refractivity contribution in [2.45, 2.75) is 39.2 Å². The zero-order valence-electron chi connectivity index (χ0n) is 17.8. The molecule has 2 heterocycles. The van der Waals surface area contributed by atoms with E-state index in [1.807, 2.05) is 25.1 Å². The minimum atomic E-state index is -0.636. The molecule has 1 saturated heterocycles. The van der Waals surface area contributed by atoms with Crippen LogP contribution in [0, 0.1) is 0 Å². The number of amides is 4. The summed E-state index contributed by atoms with van der Waals surface area (Å²) >= 11 is 0. The maximum atomic E-state index is 12.8. The molecule has 1 fully saturated rings. The number of benzene rings is 2. The molecule has 1 N–H and O–H groups in total. The summed E-state index contributed by atoms with van der Waals surface area (Å²) in [6.07, 6.45) is 5.17. The van der Waals surface area contributed by atoms with Gasteiger partial charge in [-0.25, -0.2) is 4.79 Å². The van der Waals surface area contributed by atoms with E-state index in [1.165, 1.54) is 16.8 Å². The van der Waals surface area contributed by atoms with Crippen LogP contribution in [0.5, 0.6) is 0 Å². The van der Waals surface area contributed by atoms with Crippen molar-refractivity contribution in [3.05, 3.63) is 70.8 Å². The molecule has 0 radical (unpaired) electrons. The molecule has 6 heteroatoms. The number of rotatable bonds is 6. The number of nitrogens with zero attached hydrogens (tertiary/aromatic N) is 2. The molecule has 2 aliphatic heterocycles. The average molecular weight is 418 g/mol. The van der Waals surface area contributed by atoms with E-state index in [-0.39, 0.29) is 5.57 Å². The maximum Gasteiger partial charge on any atom is 0.331 e. The summed E-state index contributed by atoms with van der Waals surface area (Å²) in [6, 6.07) is 15.8. The van der Waals surface area contributed by atoms with Crippen LogP contribution in [0.1, 0.15) is 42.9 Å². The minimum Gasteiger partial charge on any atom is -0.367 e. The van der Waals surface area contributed by atoms with Crippen LogP contribution in [0.25, 0.3) is 6.08 Å². The number of nitrogens with one attached hydrogen (secondary N) is 1. The topological polar surface area (TPSA) is 69.7 Å². The van der Waals surface area contributed by atoms with Gasteiger partial charge in [0, 0.05) is 25.3 Å². The lowest BCUT2D eigenvalue weighted by Gasteiger charge is -2.32. The van der Waals surface area contributed by atoms with Gasteiger partial charge in [0.05, 0.1) is 0 Å². The number of imide groups is 2. The third-order valence-electron chi connectivity index (χ3n) is 5.77. The molecule has 0 aliphatic carbocycles. The molecule has 0 aromatic heterocycles. The van der Waals surface area contributed by atoms with Gasteiger partial charge < -0.3 is 4.90 Å². The lowest BCUT2D eigenvalue weighted by atomic mass is 9.97. The number of anilines is 1. The Balaban J connectivity index is 1.58. The van der Waals surface area contributed by atoms with Crippen LogP contribution in [0.4, 0.5) is 10.5 Å². The largest absolute Gasteiger partial charge is 0.367 e. The molecule has 4 rings (SSSR count). The third-order valence-corrected chi connectivity index (χ3v) is 5.77. The van der Waals surface area contributed by atoms with Crippen LogP contribution < -0.4 is 10.2 Å². The van der Waals surface area contributed by atoms with E-state index >= 15 is 0 Å². The van der Waals surface area contributed by atoms with E-state index in [0.29, 0.717) is 13.0 Å². The number of carbonyl (C=O) groups is 3. The molecule has 6 nitrogen and oxygen atoms in total. The zero-order valence-corrected chi connectivity index (χ0v) is 17.8. The highest BCUT2D eigenvalue weighted by Crippen LogP contribution is 2.30. The Bertz CT molecular complexity index is 1030. The van der Waals surface area contributed by atoms with E-state index in [1.54, 1.807) is 6.08 Å². The molecule has 0 atom stereocenters.